The third-order valence-corrected chi connectivity index (χ3v) is 1.93. The summed E-state index contributed by atoms with van der Waals surface area (Å²) in [6.07, 6.45) is 0. The van der Waals surface area contributed by atoms with Crippen molar-refractivity contribution in [2.45, 2.75) is 0 Å². The van der Waals surface area contributed by atoms with Crippen LogP contribution in [0.5, 0.6) is 0 Å². The molecule has 0 radical (unpaired) electrons. The Morgan fingerprint density at radius 1 is 1.27 bits per heavy atom. The van der Waals surface area contributed by atoms with E-state index in [1.54, 1.807) is 0 Å². The van der Waals surface area contributed by atoms with E-state index in [-0.39, 0.29) is 6.61 Å². The zero-order valence-electron chi connectivity index (χ0n) is 8.14. The normalized spacial score (nSPS) is 10.2. The molecule has 2 rings (SSSR count). The first-order chi connectivity index (χ1) is 7.40. The van der Waals surface area contributed by atoms with Gasteiger partial charge in [0.15, 0.2) is 5.82 Å². The molecule has 1 heterocycles. The SMILES string of the molecule is OCCNc1n[nH]c(-c2ccccc2)n1. The molecule has 0 aliphatic heterocycles. The van der Waals surface area contributed by atoms with Crippen molar-refractivity contribution >= 4 is 5.95 Å². The number of anilines is 1. The van der Waals surface area contributed by atoms with Crippen LogP contribution in [0, 0.1) is 0 Å². The van der Waals surface area contributed by atoms with Crippen LogP contribution in [0.15, 0.2) is 30.3 Å². The summed E-state index contributed by atoms with van der Waals surface area (Å²) < 4.78 is 0. The standard InChI is InChI=1S/C10H12N4O/c15-7-6-11-10-12-9(13-14-10)8-4-2-1-3-5-8/h1-5,15H,6-7H2,(H2,11,12,13,14). The van der Waals surface area contributed by atoms with Gasteiger partial charge >= 0.3 is 0 Å². The second-order valence-electron chi connectivity index (χ2n) is 3.02. The zero-order chi connectivity index (χ0) is 10.5. The smallest absolute Gasteiger partial charge is 0.242 e. The van der Waals surface area contributed by atoms with Crippen molar-refractivity contribution in [1.82, 2.24) is 15.2 Å². The predicted molar refractivity (Wildman–Crippen MR) is 57.4 cm³/mol. The number of rotatable bonds is 4. The van der Waals surface area contributed by atoms with E-state index >= 15 is 0 Å². The molecule has 0 unspecified atom stereocenters. The molecule has 78 valence electrons. The van der Waals surface area contributed by atoms with Gasteiger partial charge in [-0.05, 0) is 0 Å². The average molecular weight is 204 g/mol. The van der Waals surface area contributed by atoms with Gasteiger partial charge in [-0.1, -0.05) is 30.3 Å². The van der Waals surface area contributed by atoms with E-state index in [1.807, 2.05) is 30.3 Å². The molecular formula is C10H12N4O. The number of nitrogens with zero attached hydrogens (tertiary/aromatic N) is 2. The van der Waals surface area contributed by atoms with Crippen molar-refractivity contribution in [3.05, 3.63) is 30.3 Å². The fourth-order valence-corrected chi connectivity index (χ4v) is 1.23. The van der Waals surface area contributed by atoms with E-state index in [0.717, 1.165) is 11.4 Å². The molecule has 5 nitrogen and oxygen atoms in total. The van der Waals surface area contributed by atoms with Crippen LogP contribution >= 0.6 is 0 Å². The quantitative estimate of drug-likeness (QED) is 0.691. The molecule has 0 atom stereocenters. The molecule has 0 bridgehead atoms. The van der Waals surface area contributed by atoms with Crippen LogP contribution in [0.3, 0.4) is 0 Å². The Kier molecular flexibility index (Phi) is 2.94. The van der Waals surface area contributed by atoms with Gasteiger partial charge in [0.05, 0.1) is 6.61 Å². The second-order valence-corrected chi connectivity index (χ2v) is 3.02. The first-order valence-electron chi connectivity index (χ1n) is 4.72. The molecule has 0 fully saturated rings. The number of hydrogen-bond donors (Lipinski definition) is 3. The lowest BCUT2D eigenvalue weighted by Crippen LogP contribution is -2.06. The summed E-state index contributed by atoms with van der Waals surface area (Å²) in [4.78, 5) is 4.23. The summed E-state index contributed by atoms with van der Waals surface area (Å²) >= 11 is 0. The Morgan fingerprint density at radius 2 is 2.07 bits per heavy atom. The number of aliphatic hydroxyl groups excluding tert-OH is 1. The topological polar surface area (TPSA) is 73.8 Å². The van der Waals surface area contributed by atoms with Crippen LogP contribution in [0.4, 0.5) is 5.95 Å². The molecular weight excluding hydrogens is 192 g/mol. The fourth-order valence-electron chi connectivity index (χ4n) is 1.23. The zero-order valence-corrected chi connectivity index (χ0v) is 8.14. The molecule has 5 heteroatoms. The van der Waals surface area contributed by atoms with Gasteiger partial charge in [0.2, 0.25) is 5.95 Å². The van der Waals surface area contributed by atoms with Crippen molar-refractivity contribution in [2.75, 3.05) is 18.5 Å². The van der Waals surface area contributed by atoms with Crippen LogP contribution < -0.4 is 5.32 Å². The molecule has 15 heavy (non-hydrogen) atoms. The number of aliphatic hydroxyl groups is 1. The van der Waals surface area contributed by atoms with Crippen LogP contribution in [0.25, 0.3) is 11.4 Å². The third-order valence-electron chi connectivity index (χ3n) is 1.93. The number of aromatic amines is 1. The maximum atomic E-state index is 8.62. The summed E-state index contributed by atoms with van der Waals surface area (Å²) in [6.45, 7) is 0.515. The Morgan fingerprint density at radius 3 is 2.80 bits per heavy atom. The average Bonchev–Trinajstić information content (AvgIpc) is 2.76. The Balaban J connectivity index is 2.14. The Hall–Kier alpha value is -1.88. The molecule has 1 aromatic heterocycles. The van der Waals surface area contributed by atoms with Gasteiger partial charge in [-0.2, -0.15) is 4.98 Å². The monoisotopic (exact) mass is 204 g/mol. The summed E-state index contributed by atoms with van der Waals surface area (Å²) in [5.41, 5.74) is 0.988. The lowest BCUT2D eigenvalue weighted by molar-refractivity contribution is 0.311. The van der Waals surface area contributed by atoms with E-state index in [4.69, 9.17) is 5.11 Å². The highest BCUT2D eigenvalue weighted by atomic mass is 16.3. The number of hydrogen-bond acceptors (Lipinski definition) is 4. The summed E-state index contributed by atoms with van der Waals surface area (Å²) in [6, 6.07) is 9.74. The van der Waals surface area contributed by atoms with Crippen LogP contribution in [0.1, 0.15) is 0 Å². The number of benzene rings is 1. The Labute approximate surface area is 87.2 Å². The maximum absolute atomic E-state index is 8.62. The van der Waals surface area contributed by atoms with Crippen LogP contribution in [-0.2, 0) is 0 Å². The van der Waals surface area contributed by atoms with Gasteiger partial charge in [-0.3, -0.25) is 5.10 Å². The largest absolute Gasteiger partial charge is 0.395 e. The van der Waals surface area contributed by atoms with Gasteiger partial charge in [0, 0.05) is 12.1 Å². The van der Waals surface area contributed by atoms with Crippen molar-refractivity contribution in [1.29, 1.82) is 0 Å². The van der Waals surface area contributed by atoms with E-state index in [9.17, 15) is 0 Å². The highest BCUT2D eigenvalue weighted by Crippen LogP contribution is 2.14. The molecule has 0 spiro atoms. The third kappa shape index (κ3) is 2.32. The minimum atomic E-state index is 0.0647. The van der Waals surface area contributed by atoms with Crippen LogP contribution in [0.2, 0.25) is 0 Å². The van der Waals surface area contributed by atoms with Gasteiger partial charge in [-0.25, -0.2) is 0 Å². The van der Waals surface area contributed by atoms with E-state index < -0.39 is 0 Å². The lowest BCUT2D eigenvalue weighted by Gasteiger charge is -1.95. The molecule has 0 aliphatic carbocycles. The van der Waals surface area contributed by atoms with E-state index in [2.05, 4.69) is 20.5 Å². The molecule has 0 amide bonds. The highest BCUT2D eigenvalue weighted by molar-refractivity contribution is 5.55. The van der Waals surface area contributed by atoms with Gasteiger partial charge in [-0.15, -0.1) is 5.10 Å². The first kappa shape index (κ1) is 9.67. The van der Waals surface area contributed by atoms with Gasteiger partial charge in [0.1, 0.15) is 0 Å². The first-order valence-corrected chi connectivity index (χ1v) is 4.72. The second kappa shape index (κ2) is 4.56. The van der Waals surface area contributed by atoms with Gasteiger partial charge in [0.25, 0.3) is 0 Å². The molecule has 0 saturated carbocycles. The predicted octanol–water partition coefficient (Wildman–Crippen LogP) is 0.876. The van der Waals surface area contributed by atoms with Gasteiger partial charge < -0.3 is 10.4 Å². The number of aromatic nitrogens is 3. The molecule has 3 N–H and O–H groups in total. The Bertz CT molecular complexity index is 412. The highest BCUT2D eigenvalue weighted by Gasteiger charge is 2.03. The lowest BCUT2D eigenvalue weighted by atomic mass is 10.2. The minimum absolute atomic E-state index is 0.0647. The minimum Gasteiger partial charge on any atom is -0.395 e. The molecule has 0 saturated heterocycles. The van der Waals surface area contributed by atoms with E-state index in [0.29, 0.717) is 12.5 Å². The summed E-state index contributed by atoms with van der Waals surface area (Å²) in [5, 5.41) is 18.3. The maximum Gasteiger partial charge on any atom is 0.242 e. The molecule has 1 aromatic carbocycles. The fraction of sp³-hybridized carbons (Fsp3) is 0.200. The van der Waals surface area contributed by atoms with Crippen molar-refractivity contribution in [2.24, 2.45) is 0 Å². The van der Waals surface area contributed by atoms with E-state index in [1.165, 1.54) is 0 Å². The molecule has 2 aromatic rings. The number of nitrogens with one attached hydrogen (secondary N) is 2. The van der Waals surface area contributed by atoms with Crippen LogP contribution in [-0.4, -0.2) is 33.4 Å². The van der Waals surface area contributed by atoms with Crippen molar-refractivity contribution in [3.8, 4) is 11.4 Å². The van der Waals surface area contributed by atoms with Crippen molar-refractivity contribution < 1.29 is 5.11 Å². The summed E-state index contributed by atoms with van der Waals surface area (Å²) in [5.74, 6) is 1.22. The van der Waals surface area contributed by atoms with Crippen molar-refractivity contribution in [3.63, 3.8) is 0 Å². The molecule has 0 aliphatic rings. The summed E-state index contributed by atoms with van der Waals surface area (Å²) in [7, 11) is 0. The number of H-pyrrole nitrogens is 1.